The van der Waals surface area contributed by atoms with Gasteiger partial charge < -0.3 is 0 Å². The number of hydrogen-bond donors (Lipinski definition) is 0. The maximum atomic E-state index is 12.6. The summed E-state index contributed by atoms with van der Waals surface area (Å²) in [6.07, 6.45) is 2.19. The molecule has 0 radical (unpaired) electrons. The third-order valence-electron chi connectivity index (χ3n) is 2.79. The SMILES string of the molecule is CS(=O)c1nncn1-c1ccc(S(=O)(=O)C(F)(F)F)cc1[N+](=O)[O-]. The van der Waals surface area contributed by atoms with Crippen LogP contribution in [0.15, 0.2) is 34.6 Å². The molecule has 0 aliphatic rings. The van der Waals surface area contributed by atoms with E-state index in [2.05, 4.69) is 10.2 Å². The van der Waals surface area contributed by atoms with Gasteiger partial charge in [-0.3, -0.25) is 18.9 Å². The normalized spacial score (nSPS) is 13.7. The smallest absolute Gasteiger partial charge is 0.268 e. The van der Waals surface area contributed by atoms with Gasteiger partial charge in [0.15, 0.2) is 0 Å². The van der Waals surface area contributed by atoms with E-state index in [1.807, 2.05) is 0 Å². The Morgan fingerprint density at radius 3 is 2.46 bits per heavy atom. The zero-order valence-corrected chi connectivity index (χ0v) is 13.2. The molecular weight excluding hydrogens is 377 g/mol. The van der Waals surface area contributed by atoms with Crippen molar-refractivity contribution in [1.82, 2.24) is 14.8 Å². The minimum absolute atomic E-state index is 0.190. The molecule has 2 aromatic rings. The number of alkyl halides is 3. The standard InChI is InChI=1S/C10H7F3N4O5S2/c1-23(20)9-15-14-5-16(9)7-3-2-6(4-8(7)17(18)19)24(21,22)10(11,12)13/h2-5H,1H3. The second-order valence-corrected chi connectivity index (χ2v) is 7.51. The van der Waals surface area contributed by atoms with Crippen LogP contribution in [0.1, 0.15) is 0 Å². The fourth-order valence-corrected chi connectivity index (χ4v) is 3.11. The number of benzene rings is 1. The van der Waals surface area contributed by atoms with Crippen LogP contribution < -0.4 is 0 Å². The quantitative estimate of drug-likeness (QED) is 0.573. The molecule has 0 saturated carbocycles. The van der Waals surface area contributed by atoms with Crippen molar-refractivity contribution in [2.75, 3.05) is 6.26 Å². The van der Waals surface area contributed by atoms with E-state index in [0.29, 0.717) is 6.07 Å². The van der Waals surface area contributed by atoms with Crippen LogP contribution in [0.2, 0.25) is 0 Å². The number of halogens is 3. The molecule has 0 fully saturated rings. The van der Waals surface area contributed by atoms with Crippen LogP contribution >= 0.6 is 0 Å². The molecule has 1 heterocycles. The first kappa shape index (κ1) is 18.0. The zero-order valence-electron chi connectivity index (χ0n) is 11.6. The summed E-state index contributed by atoms with van der Waals surface area (Å²) in [6.45, 7) is 0. The number of nitro groups is 1. The number of hydrogen-bond acceptors (Lipinski definition) is 7. The highest BCUT2D eigenvalue weighted by Crippen LogP contribution is 2.34. The first-order valence-electron chi connectivity index (χ1n) is 5.80. The Balaban J connectivity index is 2.72. The van der Waals surface area contributed by atoms with E-state index >= 15 is 0 Å². The Morgan fingerprint density at radius 1 is 1.33 bits per heavy atom. The van der Waals surface area contributed by atoms with Gasteiger partial charge >= 0.3 is 5.51 Å². The lowest BCUT2D eigenvalue weighted by Crippen LogP contribution is -2.23. The van der Waals surface area contributed by atoms with Crippen molar-refractivity contribution >= 4 is 26.3 Å². The summed E-state index contributed by atoms with van der Waals surface area (Å²) in [6, 6.07) is 1.63. The molecule has 0 saturated heterocycles. The number of aromatic nitrogens is 3. The average Bonchev–Trinajstić information content (AvgIpc) is 2.94. The summed E-state index contributed by atoms with van der Waals surface area (Å²) >= 11 is 0. The molecule has 1 aromatic carbocycles. The van der Waals surface area contributed by atoms with Gasteiger partial charge in [-0.1, -0.05) is 0 Å². The molecule has 2 rings (SSSR count). The first-order valence-corrected chi connectivity index (χ1v) is 8.84. The molecule has 0 N–H and O–H groups in total. The lowest BCUT2D eigenvalue weighted by atomic mass is 10.2. The van der Waals surface area contributed by atoms with Crippen molar-refractivity contribution in [3.05, 3.63) is 34.6 Å². The summed E-state index contributed by atoms with van der Waals surface area (Å²) in [5.41, 5.74) is -6.86. The summed E-state index contributed by atoms with van der Waals surface area (Å²) in [4.78, 5) is 8.78. The highest BCUT2D eigenvalue weighted by Gasteiger charge is 2.47. The molecule has 1 atom stereocenters. The van der Waals surface area contributed by atoms with Crippen molar-refractivity contribution in [3.8, 4) is 5.69 Å². The second-order valence-electron chi connectivity index (χ2n) is 4.29. The molecule has 9 nitrogen and oxygen atoms in total. The summed E-state index contributed by atoms with van der Waals surface area (Å²) < 4.78 is 72.9. The first-order chi connectivity index (χ1) is 11.0. The Labute approximate surface area is 134 Å². The van der Waals surface area contributed by atoms with Crippen LogP contribution in [0.5, 0.6) is 0 Å². The van der Waals surface area contributed by atoms with Crippen molar-refractivity contribution in [2.45, 2.75) is 15.6 Å². The molecule has 0 aliphatic carbocycles. The Morgan fingerprint density at radius 2 is 1.96 bits per heavy atom. The van der Waals surface area contributed by atoms with Gasteiger partial charge in [0.2, 0.25) is 5.16 Å². The number of sulfone groups is 1. The number of rotatable bonds is 4. The van der Waals surface area contributed by atoms with E-state index in [0.717, 1.165) is 17.0 Å². The van der Waals surface area contributed by atoms with E-state index in [1.54, 1.807) is 0 Å². The lowest BCUT2D eigenvalue weighted by Gasteiger charge is -2.10. The van der Waals surface area contributed by atoms with Gasteiger partial charge in [0.25, 0.3) is 15.5 Å². The Kier molecular flexibility index (Phi) is 4.45. The molecule has 14 heteroatoms. The topological polar surface area (TPSA) is 125 Å². The van der Waals surface area contributed by atoms with E-state index < -0.39 is 41.7 Å². The molecule has 0 spiro atoms. The van der Waals surface area contributed by atoms with E-state index in [4.69, 9.17) is 0 Å². The van der Waals surface area contributed by atoms with Gasteiger partial charge in [0.1, 0.15) is 12.0 Å². The monoisotopic (exact) mass is 384 g/mol. The van der Waals surface area contributed by atoms with Gasteiger partial charge in [0.05, 0.1) is 20.6 Å². The second kappa shape index (κ2) is 5.94. The van der Waals surface area contributed by atoms with E-state index in [-0.39, 0.29) is 16.9 Å². The van der Waals surface area contributed by atoms with Crippen LogP contribution in [0.4, 0.5) is 18.9 Å². The van der Waals surface area contributed by atoms with E-state index in [9.17, 15) is 35.9 Å². The van der Waals surface area contributed by atoms with Crippen molar-refractivity contribution in [3.63, 3.8) is 0 Å². The number of nitrogens with zero attached hydrogens (tertiary/aromatic N) is 4. The Hall–Kier alpha value is -2.35. The molecule has 24 heavy (non-hydrogen) atoms. The summed E-state index contributed by atoms with van der Waals surface area (Å²) in [5.74, 6) is 0. The third-order valence-corrected chi connectivity index (χ3v) is 5.07. The van der Waals surface area contributed by atoms with Gasteiger partial charge in [-0.25, -0.2) is 8.42 Å². The molecular formula is C10H7F3N4O5S2. The zero-order chi connectivity index (χ0) is 18.3. The van der Waals surface area contributed by atoms with E-state index in [1.165, 1.54) is 6.26 Å². The minimum Gasteiger partial charge on any atom is -0.268 e. The van der Waals surface area contributed by atoms with Crippen molar-refractivity contribution in [1.29, 1.82) is 0 Å². The third kappa shape index (κ3) is 3.01. The van der Waals surface area contributed by atoms with Gasteiger partial charge in [-0.15, -0.1) is 10.2 Å². The molecule has 0 aliphatic heterocycles. The summed E-state index contributed by atoms with van der Waals surface area (Å²) in [7, 11) is -7.45. The molecule has 1 aromatic heterocycles. The van der Waals surface area contributed by atoms with Crippen molar-refractivity contribution in [2.24, 2.45) is 0 Å². The van der Waals surface area contributed by atoms with Crippen LogP contribution in [-0.4, -0.2) is 44.1 Å². The van der Waals surface area contributed by atoms with Gasteiger partial charge in [-0.05, 0) is 12.1 Å². The molecule has 0 bridgehead atoms. The predicted molar refractivity (Wildman–Crippen MR) is 73.6 cm³/mol. The largest absolute Gasteiger partial charge is 0.501 e. The summed E-state index contributed by atoms with van der Waals surface area (Å²) in [5, 5.41) is 17.9. The van der Waals surface area contributed by atoms with Crippen LogP contribution in [0.25, 0.3) is 5.69 Å². The maximum Gasteiger partial charge on any atom is 0.501 e. The Bertz CT molecular complexity index is 938. The molecule has 130 valence electrons. The number of nitro benzene ring substituents is 1. The fourth-order valence-electron chi connectivity index (χ4n) is 1.74. The molecule has 0 amide bonds. The molecule has 1 unspecified atom stereocenters. The van der Waals surface area contributed by atoms with Gasteiger partial charge in [0, 0.05) is 12.3 Å². The fraction of sp³-hybridized carbons (Fsp3) is 0.200. The predicted octanol–water partition coefficient (Wildman–Crippen LogP) is 1.21. The average molecular weight is 384 g/mol. The maximum absolute atomic E-state index is 12.6. The lowest BCUT2D eigenvalue weighted by molar-refractivity contribution is -0.384. The van der Waals surface area contributed by atoms with Crippen LogP contribution in [0.3, 0.4) is 0 Å². The van der Waals surface area contributed by atoms with Gasteiger partial charge in [-0.2, -0.15) is 13.2 Å². The van der Waals surface area contributed by atoms with Crippen LogP contribution in [0, 0.1) is 10.1 Å². The minimum atomic E-state index is -5.75. The van der Waals surface area contributed by atoms with Crippen molar-refractivity contribution < 1.29 is 30.7 Å². The highest BCUT2D eigenvalue weighted by atomic mass is 32.2. The highest BCUT2D eigenvalue weighted by molar-refractivity contribution is 7.92. The van der Waals surface area contributed by atoms with Crippen LogP contribution in [-0.2, 0) is 20.6 Å².